The molecule has 0 saturated heterocycles. The Morgan fingerprint density at radius 3 is 3.17 bits per heavy atom. The lowest BCUT2D eigenvalue weighted by Crippen LogP contribution is -2.13. The molecule has 1 atom stereocenters. The van der Waals surface area contributed by atoms with Crippen LogP contribution in [0.3, 0.4) is 0 Å². The molecule has 18 heavy (non-hydrogen) atoms. The van der Waals surface area contributed by atoms with Gasteiger partial charge in [-0.1, -0.05) is 6.08 Å². The quantitative estimate of drug-likeness (QED) is 0.755. The second-order valence-corrected chi connectivity index (χ2v) is 4.21. The van der Waals surface area contributed by atoms with E-state index in [1.807, 2.05) is 10.6 Å². The molecule has 0 bridgehead atoms. The van der Waals surface area contributed by atoms with E-state index < -0.39 is 0 Å². The zero-order chi connectivity index (χ0) is 12.7. The van der Waals surface area contributed by atoms with Crippen LogP contribution >= 0.6 is 0 Å². The fraction of sp³-hybridized carbons (Fsp3) is 0.273. The van der Waals surface area contributed by atoms with E-state index in [4.69, 9.17) is 11.0 Å². The number of aromatic amines is 1. The molecule has 7 heteroatoms. The average Bonchev–Trinajstić information content (AvgIpc) is 2.93. The molecule has 1 aliphatic carbocycles. The number of anilines is 1. The molecule has 1 aliphatic rings. The molecular weight excluding hydrogens is 232 g/mol. The van der Waals surface area contributed by atoms with Gasteiger partial charge in [0.15, 0.2) is 11.2 Å². The SMILES string of the molecule is N#CC1=CC[C@H](n2cnc3c(=O)[nH]c(N)nc32)C1. The molecule has 90 valence electrons. The number of allylic oxidation sites excluding steroid dienone is 2. The Hall–Kier alpha value is -2.62. The van der Waals surface area contributed by atoms with E-state index in [1.165, 1.54) is 0 Å². The summed E-state index contributed by atoms with van der Waals surface area (Å²) in [6.45, 7) is 0. The summed E-state index contributed by atoms with van der Waals surface area (Å²) in [6, 6.07) is 2.22. The second-order valence-electron chi connectivity index (χ2n) is 4.21. The third kappa shape index (κ3) is 1.47. The third-order valence-corrected chi connectivity index (χ3v) is 3.08. The van der Waals surface area contributed by atoms with Gasteiger partial charge in [-0.25, -0.2) is 4.98 Å². The van der Waals surface area contributed by atoms with E-state index in [0.717, 1.165) is 12.0 Å². The Bertz CT molecular complexity index is 747. The minimum Gasteiger partial charge on any atom is -0.369 e. The van der Waals surface area contributed by atoms with Gasteiger partial charge in [0.05, 0.1) is 12.4 Å². The molecule has 0 fully saturated rings. The number of nitriles is 1. The van der Waals surface area contributed by atoms with Crippen molar-refractivity contribution in [2.75, 3.05) is 5.73 Å². The fourth-order valence-corrected chi connectivity index (χ4v) is 2.21. The van der Waals surface area contributed by atoms with Crippen LogP contribution in [0.4, 0.5) is 5.95 Å². The van der Waals surface area contributed by atoms with Crippen LogP contribution < -0.4 is 11.3 Å². The summed E-state index contributed by atoms with van der Waals surface area (Å²) in [5, 5.41) is 8.85. The predicted octanol–water partition coefficient (Wildman–Crippen LogP) is 0.487. The molecule has 3 N–H and O–H groups in total. The third-order valence-electron chi connectivity index (χ3n) is 3.08. The van der Waals surface area contributed by atoms with Gasteiger partial charge in [-0.05, 0) is 6.42 Å². The second kappa shape index (κ2) is 3.70. The monoisotopic (exact) mass is 242 g/mol. The van der Waals surface area contributed by atoms with Gasteiger partial charge in [0.2, 0.25) is 5.95 Å². The van der Waals surface area contributed by atoms with E-state index in [2.05, 4.69) is 21.0 Å². The van der Waals surface area contributed by atoms with Crippen LogP contribution in [0, 0.1) is 11.3 Å². The first-order valence-electron chi connectivity index (χ1n) is 5.50. The number of nitrogen functional groups attached to an aromatic ring is 1. The highest BCUT2D eigenvalue weighted by atomic mass is 16.1. The normalized spacial score (nSPS) is 18.8. The lowest BCUT2D eigenvalue weighted by molar-refractivity contribution is 0.543. The van der Waals surface area contributed by atoms with Crippen LogP contribution in [0.15, 0.2) is 22.8 Å². The molecule has 0 radical (unpaired) electrons. The minimum absolute atomic E-state index is 0.0701. The molecular formula is C11H10N6O. The van der Waals surface area contributed by atoms with Gasteiger partial charge in [-0.15, -0.1) is 0 Å². The Balaban J connectivity index is 2.10. The first-order chi connectivity index (χ1) is 8.69. The standard InChI is InChI=1S/C11H10N6O/c12-4-6-1-2-7(3-6)17-5-14-8-9(17)15-11(13)16-10(8)18/h1,5,7H,2-3H2,(H3,13,15,16,18)/t7-/m0/s1. The van der Waals surface area contributed by atoms with Crippen LogP contribution in [-0.2, 0) is 0 Å². The number of H-pyrrole nitrogens is 1. The first kappa shape index (κ1) is 10.5. The summed E-state index contributed by atoms with van der Waals surface area (Å²) >= 11 is 0. The smallest absolute Gasteiger partial charge is 0.280 e. The molecule has 0 aliphatic heterocycles. The zero-order valence-electron chi connectivity index (χ0n) is 9.42. The maximum absolute atomic E-state index is 11.6. The van der Waals surface area contributed by atoms with Crippen LogP contribution in [0.2, 0.25) is 0 Å². The Kier molecular flexibility index (Phi) is 2.16. The maximum atomic E-state index is 11.6. The van der Waals surface area contributed by atoms with Crippen molar-refractivity contribution >= 4 is 17.1 Å². The molecule has 3 rings (SSSR count). The largest absolute Gasteiger partial charge is 0.369 e. The summed E-state index contributed by atoms with van der Waals surface area (Å²) in [7, 11) is 0. The summed E-state index contributed by atoms with van der Waals surface area (Å²) in [5.41, 5.74) is 6.68. The average molecular weight is 242 g/mol. The number of hydrogen-bond acceptors (Lipinski definition) is 5. The number of nitrogens with zero attached hydrogens (tertiary/aromatic N) is 4. The molecule has 7 nitrogen and oxygen atoms in total. The highest BCUT2D eigenvalue weighted by Gasteiger charge is 2.21. The van der Waals surface area contributed by atoms with Gasteiger partial charge in [0.25, 0.3) is 5.56 Å². The predicted molar refractivity (Wildman–Crippen MR) is 64.5 cm³/mol. The van der Waals surface area contributed by atoms with Gasteiger partial charge in [-0.2, -0.15) is 10.2 Å². The van der Waals surface area contributed by atoms with Gasteiger partial charge in [0.1, 0.15) is 0 Å². The van der Waals surface area contributed by atoms with Crippen LogP contribution in [0.5, 0.6) is 0 Å². The molecule has 2 aromatic rings. The number of nitrogens with two attached hydrogens (primary N) is 1. The number of imidazole rings is 1. The molecule has 0 aromatic carbocycles. The topological polar surface area (TPSA) is 113 Å². The molecule has 0 amide bonds. The molecule has 0 saturated carbocycles. The van der Waals surface area contributed by atoms with E-state index >= 15 is 0 Å². The zero-order valence-corrected chi connectivity index (χ0v) is 9.42. The van der Waals surface area contributed by atoms with Crippen molar-refractivity contribution in [2.45, 2.75) is 18.9 Å². The summed E-state index contributed by atoms with van der Waals surface area (Å²) in [5.74, 6) is 0.0701. The number of nitrogens with one attached hydrogen (secondary N) is 1. The number of hydrogen-bond donors (Lipinski definition) is 2. The number of rotatable bonds is 1. The molecule has 2 aromatic heterocycles. The first-order valence-corrected chi connectivity index (χ1v) is 5.50. The van der Waals surface area contributed by atoms with E-state index in [9.17, 15) is 4.79 Å². The molecule has 0 spiro atoms. The number of aromatic nitrogens is 4. The maximum Gasteiger partial charge on any atom is 0.280 e. The van der Waals surface area contributed by atoms with Crippen LogP contribution in [0.25, 0.3) is 11.2 Å². The molecule has 0 unspecified atom stereocenters. The van der Waals surface area contributed by atoms with Gasteiger partial charge in [-0.3, -0.25) is 9.78 Å². The highest BCUT2D eigenvalue weighted by Crippen LogP contribution is 2.30. The lowest BCUT2D eigenvalue weighted by Gasteiger charge is -2.11. The minimum atomic E-state index is -0.345. The lowest BCUT2D eigenvalue weighted by atomic mass is 10.2. The Morgan fingerprint density at radius 1 is 1.61 bits per heavy atom. The Labute approximate surface area is 102 Å². The van der Waals surface area contributed by atoms with Gasteiger partial charge >= 0.3 is 0 Å². The van der Waals surface area contributed by atoms with Gasteiger partial charge in [0, 0.05) is 18.0 Å². The van der Waals surface area contributed by atoms with Crippen molar-refractivity contribution in [3.63, 3.8) is 0 Å². The van der Waals surface area contributed by atoms with Crippen molar-refractivity contribution in [1.82, 2.24) is 19.5 Å². The van der Waals surface area contributed by atoms with E-state index in [1.54, 1.807) is 6.33 Å². The van der Waals surface area contributed by atoms with Crippen LogP contribution in [-0.4, -0.2) is 19.5 Å². The fourth-order valence-electron chi connectivity index (χ4n) is 2.21. The highest BCUT2D eigenvalue weighted by molar-refractivity contribution is 5.70. The Morgan fingerprint density at radius 2 is 2.44 bits per heavy atom. The van der Waals surface area contributed by atoms with Crippen molar-refractivity contribution in [3.05, 3.63) is 28.3 Å². The van der Waals surface area contributed by atoms with E-state index in [0.29, 0.717) is 12.1 Å². The summed E-state index contributed by atoms with van der Waals surface area (Å²) < 4.78 is 1.81. The summed E-state index contributed by atoms with van der Waals surface area (Å²) in [4.78, 5) is 22.2. The van der Waals surface area contributed by atoms with Crippen molar-refractivity contribution in [1.29, 1.82) is 5.26 Å². The molecule has 2 heterocycles. The van der Waals surface area contributed by atoms with Crippen molar-refractivity contribution in [3.8, 4) is 6.07 Å². The van der Waals surface area contributed by atoms with Crippen molar-refractivity contribution < 1.29 is 0 Å². The van der Waals surface area contributed by atoms with Crippen molar-refractivity contribution in [2.24, 2.45) is 0 Å². The number of fused-ring (bicyclic) bond motifs is 1. The van der Waals surface area contributed by atoms with E-state index in [-0.39, 0.29) is 23.1 Å². The van der Waals surface area contributed by atoms with Crippen LogP contribution in [0.1, 0.15) is 18.9 Å². The van der Waals surface area contributed by atoms with Gasteiger partial charge < -0.3 is 10.3 Å². The summed E-state index contributed by atoms with van der Waals surface area (Å²) in [6.07, 6.45) is 4.84.